The van der Waals surface area contributed by atoms with Crippen LogP contribution in [0.3, 0.4) is 0 Å². The molecule has 1 amide bonds. The maximum absolute atomic E-state index is 13.5. The topological polar surface area (TPSA) is 65.5 Å². The quantitative estimate of drug-likeness (QED) is 0.260. The molecule has 146 valence electrons. The van der Waals surface area contributed by atoms with E-state index in [9.17, 15) is 18.0 Å². The number of nitrogens with zero attached hydrogens (tertiary/aromatic N) is 1. The molecule has 0 aliphatic heterocycles. The first-order chi connectivity index (χ1) is 12.4. The molecule has 0 aliphatic rings. The normalized spacial score (nSPS) is 10.8. The monoisotopic (exact) mass is 492 g/mol. The molecule has 0 radical (unpaired) electrons. The lowest BCUT2D eigenvalue weighted by Crippen LogP contribution is -2.41. The van der Waals surface area contributed by atoms with Crippen LogP contribution in [0.25, 0.3) is 0 Å². The number of carbonyl (C=O) groups is 1. The molecule has 9 heteroatoms. The van der Waals surface area contributed by atoms with Gasteiger partial charge in [0, 0.05) is 13.6 Å². The smallest absolute Gasteiger partial charge is 0.243 e. The molecular weight excluding hydrogens is 472 g/mol. The van der Waals surface area contributed by atoms with Gasteiger partial charge in [-0.1, -0.05) is 29.8 Å². The summed E-state index contributed by atoms with van der Waals surface area (Å²) in [5.41, 5.74) is 1.74. The van der Waals surface area contributed by atoms with Gasteiger partial charge in [0.15, 0.2) is 23.4 Å². The van der Waals surface area contributed by atoms with Crippen LogP contribution in [0.4, 0.5) is 18.9 Å². The number of guanidine groups is 1. The molecule has 3 N–H and O–H groups in total. The fraction of sp³-hybridized carbons (Fsp3) is 0.222. The van der Waals surface area contributed by atoms with Gasteiger partial charge < -0.3 is 16.0 Å². The number of aryl methyl sites for hydroxylation is 1. The molecule has 0 saturated heterocycles. The minimum atomic E-state index is -1.63. The lowest BCUT2D eigenvalue weighted by atomic mass is 10.1. The summed E-state index contributed by atoms with van der Waals surface area (Å²) in [5.74, 6) is -4.66. The lowest BCUT2D eigenvalue weighted by Gasteiger charge is -2.13. The second-order valence-corrected chi connectivity index (χ2v) is 5.54. The zero-order valence-electron chi connectivity index (χ0n) is 14.8. The summed E-state index contributed by atoms with van der Waals surface area (Å²) in [5, 5.41) is 7.96. The second-order valence-electron chi connectivity index (χ2n) is 5.54. The minimum absolute atomic E-state index is 0. The van der Waals surface area contributed by atoms with E-state index in [2.05, 4.69) is 20.9 Å². The van der Waals surface area contributed by atoms with Crippen LogP contribution in [0.2, 0.25) is 0 Å². The molecule has 27 heavy (non-hydrogen) atoms. The van der Waals surface area contributed by atoms with Crippen LogP contribution in [-0.2, 0) is 11.3 Å². The largest absolute Gasteiger partial charge is 0.352 e. The predicted octanol–water partition coefficient (Wildman–Crippen LogP) is 3.33. The first kappa shape index (κ1) is 22.7. The van der Waals surface area contributed by atoms with Crippen molar-refractivity contribution in [1.29, 1.82) is 0 Å². The molecule has 2 rings (SSSR count). The predicted molar refractivity (Wildman–Crippen MR) is 110 cm³/mol. The minimum Gasteiger partial charge on any atom is -0.352 e. The van der Waals surface area contributed by atoms with Crippen molar-refractivity contribution < 1.29 is 18.0 Å². The number of aliphatic imine (C=N–C) groups is 1. The van der Waals surface area contributed by atoms with E-state index >= 15 is 0 Å². The Bertz CT molecular complexity index is 830. The Labute approximate surface area is 172 Å². The van der Waals surface area contributed by atoms with Gasteiger partial charge in [-0.15, -0.1) is 24.0 Å². The fourth-order valence-electron chi connectivity index (χ4n) is 2.21. The molecule has 0 heterocycles. The van der Waals surface area contributed by atoms with Crippen molar-refractivity contribution >= 4 is 41.5 Å². The number of halogens is 4. The summed E-state index contributed by atoms with van der Waals surface area (Å²) in [7, 11) is 1.54. The highest BCUT2D eigenvalue weighted by Gasteiger charge is 2.15. The third kappa shape index (κ3) is 6.74. The fourth-order valence-corrected chi connectivity index (χ4v) is 2.21. The summed E-state index contributed by atoms with van der Waals surface area (Å²) >= 11 is 0. The standard InChI is InChI=1S/C18H19F3N4O.HI/c1-11-4-3-5-12(8-11)9-23-18(22-2)24-10-15(26)25-14-7-6-13(19)16(20)17(14)21;/h3-8H,9-10H2,1-2H3,(H,25,26)(H2,22,23,24);1H. The Kier molecular flexibility index (Phi) is 9.06. The Morgan fingerprint density at radius 2 is 1.81 bits per heavy atom. The number of anilines is 1. The molecule has 0 aliphatic carbocycles. The van der Waals surface area contributed by atoms with E-state index in [0.29, 0.717) is 12.5 Å². The molecule has 0 saturated carbocycles. The number of amides is 1. The zero-order chi connectivity index (χ0) is 19.1. The second kappa shape index (κ2) is 10.8. The van der Waals surface area contributed by atoms with Gasteiger partial charge in [0.05, 0.1) is 12.2 Å². The molecule has 0 fully saturated rings. The van der Waals surface area contributed by atoms with Gasteiger partial charge in [-0.3, -0.25) is 9.79 Å². The molecule has 5 nitrogen and oxygen atoms in total. The van der Waals surface area contributed by atoms with E-state index in [4.69, 9.17) is 0 Å². The van der Waals surface area contributed by atoms with Crippen molar-refractivity contribution in [1.82, 2.24) is 10.6 Å². The maximum Gasteiger partial charge on any atom is 0.243 e. The molecule has 0 spiro atoms. The number of nitrogens with one attached hydrogen (secondary N) is 3. The third-order valence-electron chi connectivity index (χ3n) is 3.49. The summed E-state index contributed by atoms with van der Waals surface area (Å²) in [4.78, 5) is 15.8. The van der Waals surface area contributed by atoms with Gasteiger partial charge in [0.25, 0.3) is 0 Å². The van der Waals surface area contributed by atoms with Gasteiger partial charge in [-0.25, -0.2) is 13.2 Å². The Morgan fingerprint density at radius 1 is 1.07 bits per heavy atom. The number of hydrogen-bond acceptors (Lipinski definition) is 2. The summed E-state index contributed by atoms with van der Waals surface area (Å²) < 4.78 is 39.6. The van der Waals surface area contributed by atoms with Crippen LogP contribution in [0, 0.1) is 24.4 Å². The summed E-state index contributed by atoms with van der Waals surface area (Å²) in [6, 6.07) is 9.58. The lowest BCUT2D eigenvalue weighted by molar-refractivity contribution is -0.115. The van der Waals surface area contributed by atoms with Gasteiger partial charge in [0.2, 0.25) is 5.91 Å². The van der Waals surface area contributed by atoms with E-state index in [-0.39, 0.29) is 30.5 Å². The zero-order valence-corrected chi connectivity index (χ0v) is 17.1. The Hall–Kier alpha value is -2.30. The maximum atomic E-state index is 13.5. The highest BCUT2D eigenvalue weighted by Crippen LogP contribution is 2.19. The van der Waals surface area contributed by atoms with Crippen molar-refractivity contribution in [3.8, 4) is 0 Å². The van der Waals surface area contributed by atoms with Gasteiger partial charge in [-0.2, -0.15) is 0 Å². The first-order valence-electron chi connectivity index (χ1n) is 7.84. The summed E-state index contributed by atoms with van der Waals surface area (Å²) in [6.07, 6.45) is 0. The van der Waals surface area contributed by atoms with Crippen LogP contribution >= 0.6 is 24.0 Å². The van der Waals surface area contributed by atoms with Crippen molar-refractivity contribution in [3.05, 3.63) is 65.0 Å². The van der Waals surface area contributed by atoms with Crippen molar-refractivity contribution in [2.75, 3.05) is 18.9 Å². The molecule has 2 aromatic carbocycles. The van der Waals surface area contributed by atoms with Gasteiger partial charge in [0.1, 0.15) is 0 Å². The highest BCUT2D eigenvalue weighted by atomic mass is 127. The van der Waals surface area contributed by atoms with Crippen LogP contribution < -0.4 is 16.0 Å². The van der Waals surface area contributed by atoms with E-state index in [1.54, 1.807) is 7.05 Å². The van der Waals surface area contributed by atoms with E-state index < -0.39 is 29.0 Å². The number of rotatable bonds is 5. The van der Waals surface area contributed by atoms with Crippen molar-refractivity contribution in [2.45, 2.75) is 13.5 Å². The average Bonchev–Trinajstić information content (AvgIpc) is 2.62. The number of carbonyl (C=O) groups excluding carboxylic acids is 1. The SMILES string of the molecule is CN=C(NCC(=O)Nc1ccc(F)c(F)c1F)NCc1cccc(C)c1.I. The van der Waals surface area contributed by atoms with E-state index in [1.165, 1.54) is 0 Å². The Balaban J connectivity index is 0.00000364. The average molecular weight is 492 g/mol. The van der Waals surface area contributed by atoms with Gasteiger partial charge in [-0.05, 0) is 24.6 Å². The third-order valence-corrected chi connectivity index (χ3v) is 3.49. The molecule has 0 atom stereocenters. The van der Waals surface area contributed by atoms with E-state index in [0.717, 1.165) is 23.3 Å². The van der Waals surface area contributed by atoms with Crippen molar-refractivity contribution in [2.24, 2.45) is 4.99 Å². The van der Waals surface area contributed by atoms with Crippen LogP contribution in [0.15, 0.2) is 41.4 Å². The number of hydrogen-bond donors (Lipinski definition) is 3. The van der Waals surface area contributed by atoms with Gasteiger partial charge >= 0.3 is 0 Å². The van der Waals surface area contributed by atoms with Crippen LogP contribution in [0.1, 0.15) is 11.1 Å². The highest BCUT2D eigenvalue weighted by molar-refractivity contribution is 14.0. The Morgan fingerprint density at radius 3 is 2.48 bits per heavy atom. The molecular formula is C18H20F3IN4O. The van der Waals surface area contributed by atoms with E-state index in [1.807, 2.05) is 31.2 Å². The molecule has 0 bridgehead atoms. The summed E-state index contributed by atoms with van der Waals surface area (Å²) in [6.45, 7) is 2.25. The molecule has 0 unspecified atom stereocenters. The van der Waals surface area contributed by atoms with Crippen LogP contribution in [0.5, 0.6) is 0 Å². The molecule has 2 aromatic rings. The number of benzene rings is 2. The molecule has 0 aromatic heterocycles. The first-order valence-corrected chi connectivity index (χ1v) is 7.84. The van der Waals surface area contributed by atoms with Crippen LogP contribution in [-0.4, -0.2) is 25.5 Å². The van der Waals surface area contributed by atoms with Crippen molar-refractivity contribution in [3.63, 3.8) is 0 Å².